The standard InChI is InChI=1S/C8H20S.C3H6O.Zr/c1-5-9(6-2,7-3)8-4;1-3(2)4;/h5-8H2,1-4H3;1-2H3;/q;;+4. The second-order valence-electron chi connectivity index (χ2n) is 3.29. The van der Waals surface area contributed by atoms with E-state index in [1.165, 1.54) is 36.9 Å². The third-order valence-corrected chi connectivity index (χ3v) is 7.35. The molecular weight excluding hydrogens is 271 g/mol. The smallest absolute Gasteiger partial charge is 0.300 e. The van der Waals surface area contributed by atoms with E-state index in [0.717, 1.165) is 0 Å². The molecule has 0 spiro atoms. The van der Waals surface area contributed by atoms with E-state index in [9.17, 15) is 4.79 Å². The summed E-state index contributed by atoms with van der Waals surface area (Å²) in [5.41, 5.74) is 0. The average Bonchev–Trinajstić information content (AvgIpc) is 2.09. The maximum absolute atomic E-state index is 9.44. The van der Waals surface area contributed by atoms with Gasteiger partial charge in [0.1, 0.15) is 5.78 Å². The first-order chi connectivity index (χ1) is 5.97. The van der Waals surface area contributed by atoms with E-state index < -0.39 is 0 Å². The molecule has 0 saturated carbocycles. The van der Waals surface area contributed by atoms with E-state index in [1.807, 2.05) is 0 Å². The van der Waals surface area contributed by atoms with Crippen LogP contribution in [0.25, 0.3) is 0 Å². The van der Waals surface area contributed by atoms with Gasteiger partial charge in [0.15, 0.2) is 0 Å². The fraction of sp³-hybridized carbons (Fsp3) is 0.909. The van der Waals surface area contributed by atoms with Crippen molar-refractivity contribution in [2.45, 2.75) is 41.5 Å². The van der Waals surface area contributed by atoms with Gasteiger partial charge in [-0.05, 0) is 36.9 Å². The largest absolute Gasteiger partial charge is 4.00 e. The third-order valence-electron chi connectivity index (χ3n) is 2.45. The maximum Gasteiger partial charge on any atom is 4.00 e. The summed E-state index contributed by atoms with van der Waals surface area (Å²) < 4.78 is 0. The molecule has 1 nitrogen and oxygen atoms in total. The molecule has 0 N–H and O–H groups in total. The summed E-state index contributed by atoms with van der Waals surface area (Å²) in [5.74, 6) is 5.87. The number of Topliss-reactive ketones (excluding diaryl/α,β-unsaturated/α-hetero) is 1. The summed E-state index contributed by atoms with van der Waals surface area (Å²) in [7, 11) is -0.148. The van der Waals surface area contributed by atoms with E-state index in [-0.39, 0.29) is 42.0 Å². The number of hydrogen-bond donors (Lipinski definition) is 0. The van der Waals surface area contributed by atoms with E-state index in [1.54, 1.807) is 0 Å². The van der Waals surface area contributed by atoms with Gasteiger partial charge in [0, 0.05) is 0 Å². The molecule has 0 bridgehead atoms. The SMILES string of the molecule is CC(C)=O.CCS(CC)(CC)CC.[Zr+4]. The Kier molecular flexibility index (Phi) is 17.4. The van der Waals surface area contributed by atoms with Crippen LogP contribution in [0.5, 0.6) is 0 Å². The molecule has 0 aliphatic rings. The summed E-state index contributed by atoms with van der Waals surface area (Å²) in [5, 5.41) is 0. The predicted octanol–water partition coefficient (Wildman–Crippen LogP) is 3.46. The van der Waals surface area contributed by atoms with Crippen molar-refractivity contribution in [2.24, 2.45) is 0 Å². The van der Waals surface area contributed by atoms with Gasteiger partial charge in [-0.25, -0.2) is 10.0 Å². The molecule has 0 saturated heterocycles. The van der Waals surface area contributed by atoms with Gasteiger partial charge in [0.05, 0.1) is 0 Å². The molecular formula is C11H26OSZr+4. The molecule has 0 aromatic carbocycles. The van der Waals surface area contributed by atoms with E-state index in [4.69, 9.17) is 0 Å². The van der Waals surface area contributed by atoms with Crippen molar-refractivity contribution < 1.29 is 31.0 Å². The van der Waals surface area contributed by atoms with Gasteiger partial charge in [0.2, 0.25) is 0 Å². The Morgan fingerprint density at radius 1 is 0.857 bits per heavy atom. The van der Waals surface area contributed by atoms with E-state index >= 15 is 0 Å². The van der Waals surface area contributed by atoms with Crippen molar-refractivity contribution in [3.05, 3.63) is 0 Å². The van der Waals surface area contributed by atoms with Crippen molar-refractivity contribution in [3.63, 3.8) is 0 Å². The Balaban J connectivity index is -0.000000209. The Hall–Kier alpha value is 0.903. The second kappa shape index (κ2) is 12.0. The molecule has 0 fully saturated rings. The van der Waals surface area contributed by atoms with Gasteiger partial charge in [-0.1, -0.05) is 27.7 Å². The first kappa shape index (κ1) is 20.3. The Morgan fingerprint density at radius 3 is 1.00 bits per heavy atom. The molecule has 0 heterocycles. The molecule has 0 aliphatic carbocycles. The van der Waals surface area contributed by atoms with Crippen LogP contribution in [0.4, 0.5) is 0 Å². The van der Waals surface area contributed by atoms with Crippen LogP contribution in [0.15, 0.2) is 0 Å². The fourth-order valence-corrected chi connectivity index (χ4v) is 3.67. The van der Waals surface area contributed by atoms with Crippen LogP contribution >= 0.6 is 10.0 Å². The number of ketones is 1. The Bertz CT molecular complexity index is 112. The first-order valence-corrected chi connectivity index (χ1v) is 7.50. The predicted molar refractivity (Wildman–Crippen MR) is 66.1 cm³/mol. The minimum absolute atomic E-state index is 0. The molecule has 0 unspecified atom stereocenters. The Labute approximate surface area is 111 Å². The minimum atomic E-state index is -0.148. The fourth-order valence-electron chi connectivity index (χ4n) is 1.22. The van der Waals surface area contributed by atoms with Crippen molar-refractivity contribution in [1.29, 1.82) is 0 Å². The van der Waals surface area contributed by atoms with Gasteiger partial charge in [-0.3, -0.25) is 0 Å². The molecule has 0 aromatic heterocycles. The molecule has 3 heteroatoms. The van der Waals surface area contributed by atoms with Crippen molar-refractivity contribution in [1.82, 2.24) is 0 Å². The van der Waals surface area contributed by atoms with Gasteiger partial charge < -0.3 is 4.79 Å². The number of rotatable bonds is 4. The zero-order valence-corrected chi connectivity index (χ0v) is 13.9. The van der Waals surface area contributed by atoms with Crippen molar-refractivity contribution in [3.8, 4) is 0 Å². The van der Waals surface area contributed by atoms with E-state index in [2.05, 4.69) is 27.7 Å². The van der Waals surface area contributed by atoms with Crippen LogP contribution in [0.2, 0.25) is 0 Å². The number of carbonyl (C=O) groups excluding carboxylic acids is 1. The van der Waals surface area contributed by atoms with Crippen LogP contribution in [0, 0.1) is 0 Å². The molecule has 14 heavy (non-hydrogen) atoms. The summed E-state index contributed by atoms with van der Waals surface area (Å²) in [6.07, 6.45) is 0. The number of hydrogen-bond acceptors (Lipinski definition) is 1. The van der Waals surface area contributed by atoms with Crippen molar-refractivity contribution in [2.75, 3.05) is 23.0 Å². The molecule has 82 valence electrons. The Morgan fingerprint density at radius 2 is 1.00 bits per heavy atom. The molecule has 0 radical (unpaired) electrons. The third kappa shape index (κ3) is 11.0. The molecule has 0 rings (SSSR count). The van der Waals surface area contributed by atoms with Gasteiger partial charge >= 0.3 is 26.2 Å². The normalized spacial score (nSPS) is 10.7. The van der Waals surface area contributed by atoms with Gasteiger partial charge in [0.25, 0.3) is 0 Å². The average molecular weight is 298 g/mol. The quantitative estimate of drug-likeness (QED) is 0.776. The van der Waals surface area contributed by atoms with Crippen LogP contribution in [-0.2, 0) is 31.0 Å². The molecule has 0 atom stereocenters. The number of carbonyl (C=O) groups is 1. The summed E-state index contributed by atoms with van der Waals surface area (Å²) in [6.45, 7) is 12.4. The maximum atomic E-state index is 9.44. The summed E-state index contributed by atoms with van der Waals surface area (Å²) in [4.78, 5) is 9.44. The molecule has 0 amide bonds. The van der Waals surface area contributed by atoms with Gasteiger partial charge in [-0.2, -0.15) is 0 Å². The first-order valence-electron chi connectivity index (χ1n) is 5.19. The second-order valence-corrected chi connectivity index (χ2v) is 8.05. The van der Waals surface area contributed by atoms with Gasteiger partial charge in [-0.15, -0.1) is 0 Å². The van der Waals surface area contributed by atoms with Crippen LogP contribution in [-0.4, -0.2) is 28.8 Å². The topological polar surface area (TPSA) is 17.1 Å². The van der Waals surface area contributed by atoms with Crippen LogP contribution < -0.4 is 0 Å². The zero-order chi connectivity index (χ0) is 10.9. The monoisotopic (exact) mass is 296 g/mol. The van der Waals surface area contributed by atoms with Crippen LogP contribution in [0.1, 0.15) is 41.5 Å². The zero-order valence-electron chi connectivity index (χ0n) is 10.6. The summed E-state index contributed by atoms with van der Waals surface area (Å²) >= 11 is 0. The molecule has 0 aliphatic heterocycles. The van der Waals surface area contributed by atoms with Crippen LogP contribution in [0.3, 0.4) is 0 Å². The minimum Gasteiger partial charge on any atom is -0.300 e. The van der Waals surface area contributed by atoms with E-state index in [0.29, 0.717) is 0 Å². The van der Waals surface area contributed by atoms with Crippen molar-refractivity contribution >= 4 is 15.8 Å². The summed E-state index contributed by atoms with van der Waals surface area (Å²) in [6, 6.07) is 0. The molecule has 0 aromatic rings.